The second kappa shape index (κ2) is 7.49. The summed E-state index contributed by atoms with van der Waals surface area (Å²) in [5.41, 5.74) is 3.86. The Morgan fingerprint density at radius 3 is 2.46 bits per heavy atom. The molecular weight excluding hydrogens is 372 g/mol. The highest BCUT2D eigenvalue weighted by molar-refractivity contribution is 6.31. The summed E-state index contributed by atoms with van der Waals surface area (Å²) in [6.45, 7) is 1.90. The third kappa shape index (κ3) is 3.39. The Hall–Kier alpha value is -3.11. The minimum atomic E-state index is -0.620. The van der Waals surface area contributed by atoms with Crippen LogP contribution >= 0.6 is 11.6 Å². The Bertz CT molecular complexity index is 1050. The van der Waals surface area contributed by atoms with Gasteiger partial charge in [0.05, 0.1) is 0 Å². The fraction of sp³-hybridized carbons (Fsp3) is 0.130. The first-order valence-corrected chi connectivity index (χ1v) is 9.46. The van der Waals surface area contributed by atoms with Crippen LogP contribution in [0.25, 0.3) is 0 Å². The number of hydrogen-bond donors (Lipinski definition) is 1. The Morgan fingerprint density at radius 1 is 1.00 bits per heavy atom. The van der Waals surface area contributed by atoms with Crippen molar-refractivity contribution < 1.29 is 9.59 Å². The predicted molar refractivity (Wildman–Crippen MR) is 112 cm³/mol. The molecule has 0 aliphatic carbocycles. The maximum Gasteiger partial charge on any atom is 0.259 e. The lowest BCUT2D eigenvalue weighted by Gasteiger charge is -2.25. The van der Waals surface area contributed by atoms with Crippen LogP contribution in [-0.2, 0) is 11.2 Å². The number of aryl methyl sites for hydroxylation is 1. The summed E-state index contributed by atoms with van der Waals surface area (Å²) in [5.74, 6) is -0.423. The summed E-state index contributed by atoms with van der Waals surface area (Å²) in [6.07, 6.45) is 0.472. The van der Waals surface area contributed by atoms with Crippen LogP contribution < -0.4 is 10.2 Å². The third-order valence-electron chi connectivity index (χ3n) is 4.96. The molecule has 0 unspecified atom stereocenters. The summed E-state index contributed by atoms with van der Waals surface area (Å²) < 4.78 is 0. The summed E-state index contributed by atoms with van der Waals surface area (Å²) >= 11 is 6.17. The molecule has 2 amide bonds. The molecule has 1 heterocycles. The molecule has 1 N–H and O–H groups in total. The fourth-order valence-electron chi connectivity index (χ4n) is 3.46. The topological polar surface area (TPSA) is 49.4 Å². The minimum Gasteiger partial charge on any atom is -0.324 e. The normalized spacial score (nSPS) is 15.2. The van der Waals surface area contributed by atoms with Crippen molar-refractivity contribution in [3.63, 3.8) is 0 Å². The molecule has 0 spiro atoms. The minimum absolute atomic E-state index is 0.187. The molecule has 0 saturated heterocycles. The number of rotatable bonds is 3. The van der Waals surface area contributed by atoms with Crippen molar-refractivity contribution in [1.82, 2.24) is 0 Å². The molecule has 4 nitrogen and oxygen atoms in total. The first-order chi connectivity index (χ1) is 13.5. The lowest BCUT2D eigenvalue weighted by atomic mass is 10.1. The van der Waals surface area contributed by atoms with Gasteiger partial charge in [0.15, 0.2) is 0 Å². The number of carbonyl (C=O) groups is 2. The average molecular weight is 391 g/mol. The highest BCUT2D eigenvalue weighted by atomic mass is 35.5. The van der Waals surface area contributed by atoms with Crippen LogP contribution in [0.3, 0.4) is 0 Å². The van der Waals surface area contributed by atoms with Crippen LogP contribution in [0, 0.1) is 6.92 Å². The van der Waals surface area contributed by atoms with Crippen molar-refractivity contribution in [3.05, 3.63) is 94.5 Å². The molecule has 0 aromatic heterocycles. The number of carbonyl (C=O) groups excluding carboxylic acids is 2. The van der Waals surface area contributed by atoms with E-state index < -0.39 is 6.04 Å². The third-order valence-corrected chi connectivity index (χ3v) is 5.36. The van der Waals surface area contributed by atoms with Crippen molar-refractivity contribution in [1.29, 1.82) is 0 Å². The smallest absolute Gasteiger partial charge is 0.259 e. The van der Waals surface area contributed by atoms with E-state index >= 15 is 0 Å². The first-order valence-electron chi connectivity index (χ1n) is 9.08. The standard InChI is InChI=1S/C23H19ClN2O2/c1-15-11-12-18(14-19(15)24)25-22(27)21-13-17-9-5-6-10-20(17)26(21)23(28)16-7-3-2-4-8-16/h2-12,14,21H,13H2,1H3,(H,25,27)/t21-/m0/s1. The van der Waals surface area contributed by atoms with Crippen LogP contribution in [0.15, 0.2) is 72.8 Å². The van der Waals surface area contributed by atoms with E-state index in [1.54, 1.807) is 23.1 Å². The van der Waals surface area contributed by atoms with Crippen molar-refractivity contribution >= 4 is 34.8 Å². The van der Waals surface area contributed by atoms with Crippen LogP contribution in [0.2, 0.25) is 5.02 Å². The molecule has 0 bridgehead atoms. The summed E-state index contributed by atoms with van der Waals surface area (Å²) in [5, 5.41) is 3.49. The molecular formula is C23H19ClN2O2. The van der Waals surface area contributed by atoms with Crippen LogP contribution in [0.4, 0.5) is 11.4 Å². The van der Waals surface area contributed by atoms with Gasteiger partial charge in [-0.05, 0) is 48.4 Å². The molecule has 3 aromatic carbocycles. The molecule has 0 radical (unpaired) electrons. The van der Waals surface area contributed by atoms with Gasteiger partial charge in [-0.15, -0.1) is 0 Å². The predicted octanol–water partition coefficient (Wildman–Crippen LogP) is 4.86. The second-order valence-electron chi connectivity index (χ2n) is 6.84. The Kier molecular flexibility index (Phi) is 4.88. The molecule has 140 valence electrons. The molecule has 1 atom stereocenters. The van der Waals surface area contributed by atoms with Gasteiger partial charge in [-0.1, -0.05) is 54.1 Å². The number of nitrogens with one attached hydrogen (secondary N) is 1. The monoisotopic (exact) mass is 390 g/mol. The molecule has 3 aromatic rings. The molecule has 28 heavy (non-hydrogen) atoms. The first kappa shape index (κ1) is 18.3. The number of amides is 2. The average Bonchev–Trinajstić information content (AvgIpc) is 3.10. The summed E-state index contributed by atoms with van der Waals surface area (Å²) in [6, 6.07) is 21.4. The summed E-state index contributed by atoms with van der Waals surface area (Å²) in [4.78, 5) is 27.9. The van der Waals surface area contributed by atoms with E-state index in [0.29, 0.717) is 22.7 Å². The van der Waals surface area contributed by atoms with Gasteiger partial charge in [0.1, 0.15) is 6.04 Å². The van der Waals surface area contributed by atoms with E-state index in [-0.39, 0.29) is 11.8 Å². The highest BCUT2D eigenvalue weighted by Crippen LogP contribution is 2.34. The SMILES string of the molecule is Cc1ccc(NC(=O)[C@@H]2Cc3ccccc3N2C(=O)c2ccccc2)cc1Cl. The van der Waals surface area contributed by atoms with Crippen molar-refractivity contribution in [3.8, 4) is 0 Å². The maximum atomic E-state index is 13.2. The maximum absolute atomic E-state index is 13.2. The lowest BCUT2D eigenvalue weighted by Crippen LogP contribution is -2.45. The lowest BCUT2D eigenvalue weighted by molar-refractivity contribution is -0.117. The van der Waals surface area contributed by atoms with Crippen LogP contribution in [0.5, 0.6) is 0 Å². The van der Waals surface area contributed by atoms with Crippen LogP contribution in [0.1, 0.15) is 21.5 Å². The second-order valence-corrected chi connectivity index (χ2v) is 7.25. The van der Waals surface area contributed by atoms with E-state index in [0.717, 1.165) is 16.8 Å². The zero-order chi connectivity index (χ0) is 19.7. The van der Waals surface area contributed by atoms with Crippen molar-refractivity contribution in [2.45, 2.75) is 19.4 Å². The van der Waals surface area contributed by atoms with Gasteiger partial charge < -0.3 is 5.32 Å². The molecule has 1 aliphatic heterocycles. The highest BCUT2D eigenvalue weighted by Gasteiger charge is 2.38. The van der Waals surface area contributed by atoms with Crippen molar-refractivity contribution in [2.24, 2.45) is 0 Å². The molecule has 4 rings (SSSR count). The van der Waals surface area contributed by atoms with Gasteiger partial charge in [-0.2, -0.15) is 0 Å². The number of hydrogen-bond acceptors (Lipinski definition) is 2. The summed E-state index contributed by atoms with van der Waals surface area (Å²) in [7, 11) is 0. The number of benzene rings is 3. The molecule has 0 saturated carbocycles. The largest absolute Gasteiger partial charge is 0.324 e. The van der Waals surface area contributed by atoms with E-state index in [1.165, 1.54) is 0 Å². The Balaban J connectivity index is 1.66. The van der Waals surface area contributed by atoms with Crippen LogP contribution in [-0.4, -0.2) is 17.9 Å². The number of anilines is 2. The van der Waals surface area contributed by atoms with Gasteiger partial charge in [-0.25, -0.2) is 0 Å². The Labute approximate surface area is 168 Å². The van der Waals surface area contributed by atoms with E-state index in [2.05, 4.69) is 5.32 Å². The molecule has 0 fully saturated rings. The number of nitrogens with zero attached hydrogens (tertiary/aromatic N) is 1. The number of fused-ring (bicyclic) bond motifs is 1. The van der Waals surface area contributed by atoms with Gasteiger partial charge in [0.25, 0.3) is 5.91 Å². The van der Waals surface area contributed by atoms with Gasteiger partial charge in [-0.3, -0.25) is 14.5 Å². The van der Waals surface area contributed by atoms with Gasteiger partial charge in [0, 0.05) is 28.4 Å². The van der Waals surface area contributed by atoms with Gasteiger partial charge >= 0.3 is 0 Å². The van der Waals surface area contributed by atoms with Crippen molar-refractivity contribution in [2.75, 3.05) is 10.2 Å². The number of halogens is 1. The van der Waals surface area contributed by atoms with E-state index in [4.69, 9.17) is 11.6 Å². The zero-order valence-corrected chi connectivity index (χ0v) is 16.1. The van der Waals surface area contributed by atoms with E-state index in [1.807, 2.05) is 61.5 Å². The quantitative estimate of drug-likeness (QED) is 0.694. The number of para-hydroxylation sites is 1. The van der Waals surface area contributed by atoms with E-state index in [9.17, 15) is 9.59 Å². The molecule has 1 aliphatic rings. The fourth-order valence-corrected chi connectivity index (χ4v) is 3.64. The zero-order valence-electron chi connectivity index (χ0n) is 15.4. The van der Waals surface area contributed by atoms with Gasteiger partial charge in [0.2, 0.25) is 5.91 Å². The molecule has 5 heteroatoms. The Morgan fingerprint density at radius 2 is 1.71 bits per heavy atom.